The van der Waals surface area contributed by atoms with Crippen LogP contribution in [0.25, 0.3) is 0 Å². The van der Waals surface area contributed by atoms with E-state index in [2.05, 4.69) is 10.1 Å². The van der Waals surface area contributed by atoms with Crippen molar-refractivity contribution in [2.75, 3.05) is 19.6 Å². The van der Waals surface area contributed by atoms with Crippen LogP contribution in [0.1, 0.15) is 24.9 Å². The van der Waals surface area contributed by atoms with E-state index in [1.54, 1.807) is 6.92 Å². The number of aliphatic hydroxyl groups is 1. The Hall–Kier alpha value is -1.80. The fourth-order valence-corrected chi connectivity index (χ4v) is 2.49. The number of aliphatic hydroxyl groups excluding tert-OH is 1. The number of hydrogen-bond acceptors (Lipinski definition) is 4. The summed E-state index contributed by atoms with van der Waals surface area (Å²) in [7, 11) is 0. The summed E-state index contributed by atoms with van der Waals surface area (Å²) in [4.78, 5) is 13.8. The Morgan fingerprint density at radius 2 is 2.09 bits per heavy atom. The van der Waals surface area contributed by atoms with Gasteiger partial charge in [-0.3, -0.25) is 9.69 Å². The van der Waals surface area contributed by atoms with E-state index in [1.807, 2.05) is 4.90 Å². The number of alkyl halides is 3. The van der Waals surface area contributed by atoms with Gasteiger partial charge in [0.25, 0.3) is 0 Å². The molecule has 0 aromatic heterocycles. The lowest BCUT2D eigenvalue weighted by atomic mass is 10.1. The van der Waals surface area contributed by atoms with Crippen LogP contribution in [0.5, 0.6) is 5.75 Å². The molecule has 2 N–H and O–H groups in total. The normalized spacial score (nSPS) is 20.3. The maximum Gasteiger partial charge on any atom is 0.573 e. The third kappa shape index (κ3) is 5.72. The average molecular weight is 332 g/mol. The van der Waals surface area contributed by atoms with Gasteiger partial charge in [-0.05, 0) is 31.0 Å². The van der Waals surface area contributed by atoms with Gasteiger partial charge in [-0.2, -0.15) is 0 Å². The van der Waals surface area contributed by atoms with Crippen molar-refractivity contribution < 1.29 is 27.8 Å². The molecule has 0 radical (unpaired) electrons. The summed E-state index contributed by atoms with van der Waals surface area (Å²) in [6.45, 7) is 3.09. The lowest BCUT2D eigenvalue weighted by Gasteiger charge is -2.18. The quantitative estimate of drug-likeness (QED) is 0.864. The topological polar surface area (TPSA) is 61.8 Å². The number of β-amino-alcohol motifs (C(OH)–C–C–N with tert-alkyl or cyclic N) is 1. The molecule has 5 nitrogen and oxygen atoms in total. The van der Waals surface area contributed by atoms with Crippen LogP contribution in [0, 0.1) is 0 Å². The number of halogens is 3. The van der Waals surface area contributed by atoms with Crippen LogP contribution in [0.4, 0.5) is 13.2 Å². The molecule has 0 aliphatic carbocycles. The highest BCUT2D eigenvalue weighted by Crippen LogP contribution is 2.24. The van der Waals surface area contributed by atoms with Crippen molar-refractivity contribution in [2.45, 2.75) is 31.9 Å². The zero-order chi connectivity index (χ0) is 17.0. The maximum absolute atomic E-state index is 12.1. The van der Waals surface area contributed by atoms with Gasteiger partial charge >= 0.3 is 6.36 Å². The van der Waals surface area contributed by atoms with Crippen LogP contribution < -0.4 is 10.1 Å². The number of benzene rings is 1. The Labute approximate surface area is 132 Å². The number of ether oxygens (including phenoxy) is 1. The molecular formula is C15H19F3N2O3. The summed E-state index contributed by atoms with van der Waals surface area (Å²) in [6, 6.07) is 5.04. The molecule has 2 atom stereocenters. The third-order valence-electron chi connectivity index (χ3n) is 3.61. The van der Waals surface area contributed by atoms with Gasteiger partial charge in [0, 0.05) is 13.1 Å². The number of carbonyl (C=O) groups excluding carboxylic acids is 1. The summed E-state index contributed by atoms with van der Waals surface area (Å²) in [5.41, 5.74) is 0.675. The molecule has 1 fully saturated rings. The molecule has 0 bridgehead atoms. The molecule has 23 heavy (non-hydrogen) atoms. The number of nitrogens with zero attached hydrogens (tertiary/aromatic N) is 1. The first-order valence-corrected chi connectivity index (χ1v) is 7.28. The number of carbonyl (C=O) groups is 1. The van der Waals surface area contributed by atoms with E-state index in [9.17, 15) is 23.1 Å². The molecule has 0 spiro atoms. The Morgan fingerprint density at radius 3 is 2.61 bits per heavy atom. The number of nitrogens with one attached hydrogen (secondary N) is 1. The largest absolute Gasteiger partial charge is 0.573 e. The summed E-state index contributed by atoms with van der Waals surface area (Å²) >= 11 is 0. The molecule has 8 heteroatoms. The second-order valence-corrected chi connectivity index (χ2v) is 5.58. The zero-order valence-corrected chi connectivity index (χ0v) is 12.6. The molecule has 128 valence electrons. The molecule has 1 aliphatic rings. The standard InChI is InChI=1S/C15H19F3N2O3/c1-10(19-14(22)9-20-7-6-12(21)8-20)11-2-4-13(5-3-11)23-15(16,17)18/h2-5,10,12,21H,6-9H2,1H3,(H,19,22)/t10?,12-/m0/s1. The zero-order valence-electron chi connectivity index (χ0n) is 12.6. The van der Waals surface area contributed by atoms with Gasteiger partial charge in [-0.1, -0.05) is 12.1 Å². The first-order chi connectivity index (χ1) is 10.7. The monoisotopic (exact) mass is 332 g/mol. The highest BCUT2D eigenvalue weighted by atomic mass is 19.4. The summed E-state index contributed by atoms with van der Waals surface area (Å²) < 4.78 is 40.1. The number of hydrogen-bond donors (Lipinski definition) is 2. The van der Waals surface area contributed by atoms with Crippen LogP contribution in [0.2, 0.25) is 0 Å². The van der Waals surface area contributed by atoms with E-state index < -0.39 is 6.36 Å². The summed E-state index contributed by atoms with van der Waals surface area (Å²) in [6.07, 6.45) is -4.45. The molecule has 1 heterocycles. The second-order valence-electron chi connectivity index (χ2n) is 5.58. The Morgan fingerprint density at radius 1 is 1.43 bits per heavy atom. The van der Waals surface area contributed by atoms with Gasteiger partial charge in [0.05, 0.1) is 18.7 Å². The van der Waals surface area contributed by atoms with Crippen molar-refractivity contribution >= 4 is 5.91 Å². The van der Waals surface area contributed by atoms with Crippen molar-refractivity contribution in [3.63, 3.8) is 0 Å². The average Bonchev–Trinajstić information content (AvgIpc) is 2.82. The van der Waals surface area contributed by atoms with Gasteiger partial charge in [0.15, 0.2) is 0 Å². The number of rotatable bonds is 5. The van der Waals surface area contributed by atoms with E-state index in [4.69, 9.17) is 0 Å². The van der Waals surface area contributed by atoms with Crippen LogP contribution in [-0.2, 0) is 4.79 Å². The van der Waals surface area contributed by atoms with Crippen LogP contribution >= 0.6 is 0 Å². The van der Waals surface area contributed by atoms with Gasteiger partial charge < -0.3 is 15.2 Å². The first-order valence-electron chi connectivity index (χ1n) is 7.28. The van der Waals surface area contributed by atoms with Crippen molar-refractivity contribution in [1.82, 2.24) is 10.2 Å². The Balaban J connectivity index is 1.85. The van der Waals surface area contributed by atoms with Gasteiger partial charge in [0.2, 0.25) is 5.91 Å². The molecule has 1 saturated heterocycles. The SMILES string of the molecule is CC(NC(=O)CN1CC[C@H](O)C1)c1ccc(OC(F)(F)F)cc1. The minimum Gasteiger partial charge on any atom is -0.406 e. The Bertz CT molecular complexity index is 534. The van der Waals surface area contributed by atoms with Crippen molar-refractivity contribution in [3.8, 4) is 5.75 Å². The van der Waals surface area contributed by atoms with Gasteiger partial charge in [-0.25, -0.2) is 0 Å². The van der Waals surface area contributed by atoms with E-state index in [0.717, 1.165) is 0 Å². The predicted octanol–water partition coefficient (Wildman–Crippen LogP) is 1.83. The van der Waals surface area contributed by atoms with Crippen LogP contribution in [0.3, 0.4) is 0 Å². The summed E-state index contributed by atoms with van der Waals surface area (Å²) in [5, 5.41) is 12.2. The second kappa shape index (κ2) is 7.18. The smallest absolute Gasteiger partial charge is 0.406 e. The van der Waals surface area contributed by atoms with Crippen LogP contribution in [-0.4, -0.2) is 48.0 Å². The minimum absolute atomic E-state index is 0.191. The van der Waals surface area contributed by atoms with Gasteiger partial charge in [-0.15, -0.1) is 13.2 Å². The molecule has 2 rings (SSSR count). The van der Waals surface area contributed by atoms with E-state index in [-0.39, 0.29) is 30.3 Å². The number of likely N-dealkylation sites (tertiary alicyclic amines) is 1. The molecule has 1 aromatic rings. The van der Waals surface area contributed by atoms with Crippen molar-refractivity contribution in [2.24, 2.45) is 0 Å². The van der Waals surface area contributed by atoms with E-state index >= 15 is 0 Å². The first kappa shape index (κ1) is 17.6. The highest BCUT2D eigenvalue weighted by molar-refractivity contribution is 5.78. The fraction of sp³-hybridized carbons (Fsp3) is 0.533. The predicted molar refractivity (Wildman–Crippen MR) is 76.7 cm³/mol. The van der Waals surface area contributed by atoms with E-state index in [0.29, 0.717) is 25.1 Å². The molecule has 1 unspecified atom stereocenters. The minimum atomic E-state index is -4.72. The van der Waals surface area contributed by atoms with Crippen molar-refractivity contribution in [1.29, 1.82) is 0 Å². The lowest BCUT2D eigenvalue weighted by Crippen LogP contribution is -2.37. The van der Waals surface area contributed by atoms with Crippen molar-refractivity contribution in [3.05, 3.63) is 29.8 Å². The fourth-order valence-electron chi connectivity index (χ4n) is 2.49. The van der Waals surface area contributed by atoms with Gasteiger partial charge in [0.1, 0.15) is 5.75 Å². The summed E-state index contributed by atoms with van der Waals surface area (Å²) in [5.74, 6) is -0.493. The van der Waals surface area contributed by atoms with E-state index in [1.165, 1.54) is 24.3 Å². The maximum atomic E-state index is 12.1. The highest BCUT2D eigenvalue weighted by Gasteiger charge is 2.31. The molecule has 1 amide bonds. The lowest BCUT2D eigenvalue weighted by molar-refractivity contribution is -0.274. The Kier molecular flexibility index (Phi) is 5.48. The molecular weight excluding hydrogens is 313 g/mol. The molecule has 0 saturated carbocycles. The van der Waals surface area contributed by atoms with Crippen LogP contribution in [0.15, 0.2) is 24.3 Å². The number of amides is 1. The third-order valence-corrected chi connectivity index (χ3v) is 3.61. The molecule has 1 aromatic carbocycles. The molecule has 1 aliphatic heterocycles.